The van der Waals surface area contributed by atoms with Crippen LogP contribution in [0.4, 0.5) is 4.79 Å². The Bertz CT molecular complexity index is 1170. The van der Waals surface area contributed by atoms with Gasteiger partial charge in [0.1, 0.15) is 24.0 Å². The minimum absolute atomic E-state index is 0.103. The maximum atomic E-state index is 12.6. The summed E-state index contributed by atoms with van der Waals surface area (Å²) in [6, 6.07) is 13.4. The van der Waals surface area contributed by atoms with Crippen molar-refractivity contribution in [1.29, 1.82) is 0 Å². The van der Waals surface area contributed by atoms with E-state index >= 15 is 0 Å². The van der Waals surface area contributed by atoms with Gasteiger partial charge in [-0.25, -0.2) is 14.4 Å². The van der Waals surface area contributed by atoms with Crippen molar-refractivity contribution in [2.45, 2.75) is 45.3 Å². The summed E-state index contributed by atoms with van der Waals surface area (Å²) in [5, 5.41) is 3.39. The van der Waals surface area contributed by atoms with E-state index in [1.54, 1.807) is 19.1 Å². The lowest BCUT2D eigenvalue weighted by Gasteiger charge is -2.16. The van der Waals surface area contributed by atoms with Crippen LogP contribution in [0.15, 0.2) is 57.7 Å². The monoisotopic (exact) mass is 421 g/mol. The number of carbonyl (C=O) groups is 2. The Morgan fingerprint density at radius 3 is 2.65 bits per heavy atom. The Kier molecular flexibility index (Phi) is 6.02. The largest absolute Gasteiger partial charge is 0.445 e. The molecule has 1 amide bonds. The van der Waals surface area contributed by atoms with Crippen LogP contribution in [0.3, 0.4) is 0 Å². The molecule has 1 atom stereocenters. The zero-order valence-electron chi connectivity index (χ0n) is 17.2. The van der Waals surface area contributed by atoms with Gasteiger partial charge in [-0.1, -0.05) is 37.3 Å². The minimum Gasteiger partial charge on any atom is -0.445 e. The third kappa shape index (κ3) is 4.60. The van der Waals surface area contributed by atoms with Gasteiger partial charge in [0.15, 0.2) is 0 Å². The molecule has 0 radical (unpaired) electrons. The minimum atomic E-state index is -0.869. The predicted molar refractivity (Wildman–Crippen MR) is 114 cm³/mol. The van der Waals surface area contributed by atoms with Crippen LogP contribution in [0.25, 0.3) is 11.0 Å². The first-order chi connectivity index (χ1) is 15.0. The number of hydrogen-bond donors (Lipinski definition) is 1. The molecule has 7 nitrogen and oxygen atoms in total. The number of benzene rings is 2. The van der Waals surface area contributed by atoms with Gasteiger partial charge in [-0.3, -0.25) is 0 Å². The Balaban J connectivity index is 1.41. The van der Waals surface area contributed by atoms with E-state index in [0.29, 0.717) is 12.0 Å². The van der Waals surface area contributed by atoms with E-state index < -0.39 is 18.1 Å². The van der Waals surface area contributed by atoms with Crippen LogP contribution in [0.1, 0.15) is 36.5 Å². The van der Waals surface area contributed by atoms with Crippen LogP contribution in [0.2, 0.25) is 0 Å². The van der Waals surface area contributed by atoms with Gasteiger partial charge in [-0.15, -0.1) is 0 Å². The van der Waals surface area contributed by atoms with Gasteiger partial charge in [0.2, 0.25) is 0 Å². The standard InChI is InChI=1S/C24H23NO6/c1-2-20(25-24(28)29-14-15-7-4-3-5-8-15)23(27)30-16-11-12-18-17-9-6-10-19(17)22(26)31-21(18)13-16/h3-5,7-8,11-13,20H,2,6,9-10,14H2,1H3,(H,25,28). The van der Waals surface area contributed by atoms with E-state index in [2.05, 4.69) is 5.32 Å². The van der Waals surface area contributed by atoms with Gasteiger partial charge in [0.05, 0.1) is 0 Å². The first-order valence-electron chi connectivity index (χ1n) is 10.3. The second kappa shape index (κ2) is 9.04. The number of aryl methyl sites for hydroxylation is 1. The van der Waals surface area contributed by atoms with E-state index in [-0.39, 0.29) is 18.0 Å². The van der Waals surface area contributed by atoms with Crippen molar-refractivity contribution in [3.05, 3.63) is 75.6 Å². The van der Waals surface area contributed by atoms with Gasteiger partial charge in [0, 0.05) is 17.0 Å². The highest BCUT2D eigenvalue weighted by Gasteiger charge is 2.23. The molecule has 1 aliphatic carbocycles. The number of nitrogens with one attached hydrogen (secondary N) is 1. The average molecular weight is 421 g/mol. The third-order valence-corrected chi connectivity index (χ3v) is 5.36. The van der Waals surface area contributed by atoms with Gasteiger partial charge in [0.25, 0.3) is 0 Å². The van der Waals surface area contributed by atoms with Crippen molar-refractivity contribution in [1.82, 2.24) is 5.32 Å². The van der Waals surface area contributed by atoms with Crippen LogP contribution in [0.5, 0.6) is 5.75 Å². The van der Waals surface area contributed by atoms with Crippen LogP contribution >= 0.6 is 0 Å². The van der Waals surface area contributed by atoms with Crippen LogP contribution < -0.4 is 15.7 Å². The zero-order chi connectivity index (χ0) is 21.8. The summed E-state index contributed by atoms with van der Waals surface area (Å²) in [5.41, 5.74) is 2.65. The number of alkyl carbamates (subject to hydrolysis) is 1. The highest BCUT2D eigenvalue weighted by molar-refractivity contribution is 5.86. The lowest BCUT2D eigenvalue weighted by molar-refractivity contribution is -0.136. The number of ether oxygens (including phenoxy) is 2. The number of fused-ring (bicyclic) bond motifs is 3. The second-order valence-electron chi connectivity index (χ2n) is 7.45. The fourth-order valence-electron chi connectivity index (χ4n) is 3.75. The molecule has 0 spiro atoms. The smallest absolute Gasteiger partial charge is 0.408 e. The normalized spacial score (nSPS) is 13.5. The fourth-order valence-corrected chi connectivity index (χ4v) is 3.75. The van der Waals surface area contributed by atoms with Crippen LogP contribution in [0, 0.1) is 0 Å². The van der Waals surface area contributed by atoms with E-state index in [1.165, 1.54) is 6.07 Å². The van der Waals surface area contributed by atoms with Crippen molar-refractivity contribution >= 4 is 23.0 Å². The molecule has 1 aliphatic rings. The number of carbonyl (C=O) groups excluding carboxylic acids is 2. The molecule has 0 bridgehead atoms. The molecule has 0 aliphatic heterocycles. The summed E-state index contributed by atoms with van der Waals surface area (Å²) in [6.07, 6.45) is 2.13. The topological polar surface area (TPSA) is 94.8 Å². The molecule has 0 saturated carbocycles. The molecular formula is C24H23NO6. The Labute approximate surface area is 179 Å². The van der Waals surface area contributed by atoms with Crippen LogP contribution in [-0.4, -0.2) is 18.1 Å². The van der Waals surface area contributed by atoms with Gasteiger partial charge < -0.3 is 19.2 Å². The first-order valence-corrected chi connectivity index (χ1v) is 10.3. The SMILES string of the molecule is CCC(NC(=O)OCc1ccccc1)C(=O)Oc1ccc2c3c(c(=O)oc2c1)CCC3. The molecule has 2 aromatic carbocycles. The maximum absolute atomic E-state index is 12.6. The molecule has 1 aromatic heterocycles. The van der Waals surface area contributed by atoms with Crippen molar-refractivity contribution in [3.63, 3.8) is 0 Å². The molecule has 7 heteroatoms. The summed E-state index contributed by atoms with van der Waals surface area (Å²) in [7, 11) is 0. The summed E-state index contributed by atoms with van der Waals surface area (Å²) in [6.45, 7) is 1.86. The van der Waals surface area contributed by atoms with Crippen molar-refractivity contribution in [2.75, 3.05) is 0 Å². The number of esters is 1. The highest BCUT2D eigenvalue weighted by Crippen LogP contribution is 2.29. The molecule has 3 aromatic rings. The predicted octanol–water partition coefficient (Wildman–Crippen LogP) is 3.89. The Morgan fingerprint density at radius 1 is 1.10 bits per heavy atom. The van der Waals surface area contributed by atoms with Gasteiger partial charge in [-0.2, -0.15) is 0 Å². The van der Waals surface area contributed by atoms with Crippen LogP contribution in [-0.2, 0) is 29.0 Å². The van der Waals surface area contributed by atoms with E-state index in [1.807, 2.05) is 30.3 Å². The molecule has 0 fully saturated rings. The number of amides is 1. The maximum Gasteiger partial charge on any atom is 0.408 e. The number of hydrogen-bond acceptors (Lipinski definition) is 6. The summed E-state index contributed by atoms with van der Waals surface area (Å²) in [5.74, 6) is -0.376. The Morgan fingerprint density at radius 2 is 1.87 bits per heavy atom. The highest BCUT2D eigenvalue weighted by atomic mass is 16.6. The first kappa shape index (κ1) is 20.7. The average Bonchev–Trinajstić information content (AvgIpc) is 3.27. The number of rotatable bonds is 6. The Hall–Kier alpha value is -3.61. The van der Waals surface area contributed by atoms with E-state index in [4.69, 9.17) is 13.9 Å². The molecule has 4 rings (SSSR count). The van der Waals surface area contributed by atoms with E-state index in [9.17, 15) is 14.4 Å². The van der Waals surface area contributed by atoms with E-state index in [0.717, 1.165) is 41.3 Å². The summed E-state index contributed by atoms with van der Waals surface area (Å²) in [4.78, 5) is 36.8. The molecule has 1 N–H and O–H groups in total. The fraction of sp³-hybridized carbons (Fsp3) is 0.292. The summed E-state index contributed by atoms with van der Waals surface area (Å²) < 4.78 is 16.0. The molecular weight excluding hydrogens is 398 g/mol. The molecule has 1 heterocycles. The molecule has 160 valence electrons. The third-order valence-electron chi connectivity index (χ3n) is 5.36. The summed E-state index contributed by atoms with van der Waals surface area (Å²) >= 11 is 0. The van der Waals surface area contributed by atoms with Crippen molar-refractivity contribution in [3.8, 4) is 5.75 Å². The quantitative estimate of drug-likeness (QED) is 0.369. The molecule has 1 unspecified atom stereocenters. The van der Waals surface area contributed by atoms with Gasteiger partial charge >= 0.3 is 17.7 Å². The molecule has 31 heavy (non-hydrogen) atoms. The lowest BCUT2D eigenvalue weighted by atomic mass is 10.1. The second-order valence-corrected chi connectivity index (χ2v) is 7.45. The van der Waals surface area contributed by atoms with Crippen molar-refractivity contribution in [2.24, 2.45) is 0 Å². The van der Waals surface area contributed by atoms with Gasteiger partial charge in [-0.05, 0) is 48.9 Å². The van der Waals surface area contributed by atoms with Crippen molar-refractivity contribution < 1.29 is 23.5 Å². The molecule has 0 saturated heterocycles. The zero-order valence-corrected chi connectivity index (χ0v) is 17.2. The lowest BCUT2D eigenvalue weighted by Crippen LogP contribution is -2.42.